The summed E-state index contributed by atoms with van der Waals surface area (Å²) >= 11 is 5.98. The molecule has 2 rings (SSSR count). The summed E-state index contributed by atoms with van der Waals surface area (Å²) in [5.41, 5.74) is 13.6. The number of rotatable bonds is 4. The van der Waals surface area contributed by atoms with Gasteiger partial charge in [0.2, 0.25) is 0 Å². The Bertz CT molecular complexity index is 574. The molecule has 0 saturated heterocycles. The van der Waals surface area contributed by atoms with Gasteiger partial charge in [0.25, 0.3) is 0 Å². The molecule has 0 aliphatic carbocycles. The Kier molecular flexibility index (Phi) is 4.35. The molecule has 0 aliphatic rings. The zero-order valence-electron chi connectivity index (χ0n) is 10.3. The van der Waals surface area contributed by atoms with Gasteiger partial charge in [0.1, 0.15) is 11.6 Å². The first kappa shape index (κ1) is 13.8. The highest BCUT2D eigenvalue weighted by molar-refractivity contribution is 6.31. The second-order valence-electron chi connectivity index (χ2n) is 4.49. The van der Waals surface area contributed by atoms with Gasteiger partial charge < -0.3 is 11.5 Å². The highest BCUT2D eigenvalue weighted by atomic mass is 35.5. The van der Waals surface area contributed by atoms with E-state index in [2.05, 4.69) is 4.98 Å². The molecule has 0 fully saturated rings. The number of anilines is 1. The molecule has 0 bridgehead atoms. The highest BCUT2D eigenvalue weighted by Gasteiger charge is 2.09. The molecule has 0 aliphatic heterocycles. The Morgan fingerprint density at radius 2 is 2.00 bits per heavy atom. The molecule has 0 radical (unpaired) electrons. The van der Waals surface area contributed by atoms with E-state index in [0.717, 1.165) is 11.1 Å². The molecular weight excluding hydrogens is 265 g/mol. The van der Waals surface area contributed by atoms with E-state index in [-0.39, 0.29) is 11.9 Å². The molecule has 2 aromatic rings. The Hall–Kier alpha value is -1.65. The fourth-order valence-electron chi connectivity index (χ4n) is 1.97. The van der Waals surface area contributed by atoms with Crippen LogP contribution in [0.15, 0.2) is 36.5 Å². The molecule has 100 valence electrons. The molecule has 1 unspecified atom stereocenters. The third-order valence-electron chi connectivity index (χ3n) is 2.84. The average Bonchev–Trinajstić information content (AvgIpc) is 2.33. The quantitative estimate of drug-likeness (QED) is 0.904. The fourth-order valence-corrected chi connectivity index (χ4v) is 2.21. The van der Waals surface area contributed by atoms with Gasteiger partial charge in [-0.1, -0.05) is 17.7 Å². The summed E-state index contributed by atoms with van der Waals surface area (Å²) in [5, 5.41) is 0.407. The van der Waals surface area contributed by atoms with Crippen LogP contribution in [0.5, 0.6) is 0 Å². The molecule has 0 saturated carbocycles. The van der Waals surface area contributed by atoms with Crippen LogP contribution in [0.1, 0.15) is 11.1 Å². The van der Waals surface area contributed by atoms with Crippen molar-refractivity contribution in [1.29, 1.82) is 0 Å². The summed E-state index contributed by atoms with van der Waals surface area (Å²) in [5.74, 6) is 0.133. The van der Waals surface area contributed by atoms with Crippen LogP contribution in [0.2, 0.25) is 5.02 Å². The van der Waals surface area contributed by atoms with Crippen LogP contribution in [0.4, 0.5) is 10.2 Å². The molecule has 4 N–H and O–H groups in total. The smallest absolute Gasteiger partial charge is 0.124 e. The van der Waals surface area contributed by atoms with Crippen molar-refractivity contribution >= 4 is 17.4 Å². The van der Waals surface area contributed by atoms with Crippen LogP contribution in [0.3, 0.4) is 0 Å². The van der Waals surface area contributed by atoms with Gasteiger partial charge in [0, 0.05) is 17.3 Å². The van der Waals surface area contributed by atoms with Crippen molar-refractivity contribution in [3.05, 3.63) is 58.5 Å². The first-order valence-electron chi connectivity index (χ1n) is 5.94. The van der Waals surface area contributed by atoms with Gasteiger partial charge in [-0.25, -0.2) is 9.37 Å². The van der Waals surface area contributed by atoms with Crippen LogP contribution in [-0.4, -0.2) is 11.0 Å². The minimum atomic E-state index is -0.343. The van der Waals surface area contributed by atoms with Crippen molar-refractivity contribution in [2.45, 2.75) is 18.9 Å². The highest BCUT2D eigenvalue weighted by Crippen LogP contribution is 2.19. The molecule has 1 atom stereocenters. The van der Waals surface area contributed by atoms with Gasteiger partial charge in [-0.05, 0) is 48.2 Å². The van der Waals surface area contributed by atoms with Crippen molar-refractivity contribution in [2.75, 3.05) is 5.73 Å². The Balaban J connectivity index is 2.03. The monoisotopic (exact) mass is 279 g/mol. The molecule has 1 aromatic carbocycles. The molecule has 0 amide bonds. The molecule has 3 nitrogen and oxygen atoms in total. The minimum Gasteiger partial charge on any atom is -0.384 e. The standard InChI is InChI=1S/C14H15ClFN3/c15-13-8-11(16)2-1-10(13)7-12(17)5-9-3-4-19-14(18)6-9/h1-4,6,8,12H,5,7,17H2,(H2,18,19). The molecule has 1 aromatic heterocycles. The summed E-state index contributed by atoms with van der Waals surface area (Å²) < 4.78 is 12.9. The van der Waals surface area contributed by atoms with Gasteiger partial charge in [0.15, 0.2) is 0 Å². The largest absolute Gasteiger partial charge is 0.384 e. The number of pyridine rings is 1. The molecule has 5 heteroatoms. The first-order chi connectivity index (χ1) is 9.04. The lowest BCUT2D eigenvalue weighted by Gasteiger charge is -2.13. The van der Waals surface area contributed by atoms with Crippen LogP contribution in [-0.2, 0) is 12.8 Å². The predicted octanol–water partition coefficient (Wildman–Crippen LogP) is 2.57. The Morgan fingerprint density at radius 1 is 1.21 bits per heavy atom. The third kappa shape index (κ3) is 3.91. The summed E-state index contributed by atoms with van der Waals surface area (Å²) in [7, 11) is 0. The normalized spacial score (nSPS) is 12.4. The van der Waals surface area contributed by atoms with Crippen molar-refractivity contribution < 1.29 is 4.39 Å². The van der Waals surface area contributed by atoms with E-state index in [4.69, 9.17) is 23.1 Å². The lowest BCUT2D eigenvalue weighted by molar-refractivity contribution is 0.623. The van der Waals surface area contributed by atoms with Crippen LogP contribution in [0, 0.1) is 5.82 Å². The molecule has 19 heavy (non-hydrogen) atoms. The number of hydrogen-bond acceptors (Lipinski definition) is 3. The number of halogens is 2. The lowest BCUT2D eigenvalue weighted by atomic mass is 10.0. The van der Waals surface area contributed by atoms with Gasteiger partial charge in [-0.3, -0.25) is 0 Å². The predicted molar refractivity (Wildman–Crippen MR) is 75.4 cm³/mol. The zero-order chi connectivity index (χ0) is 13.8. The van der Waals surface area contributed by atoms with Crippen LogP contribution in [0.25, 0.3) is 0 Å². The SMILES string of the molecule is Nc1cc(CC(N)Cc2ccc(F)cc2Cl)ccn1. The van der Waals surface area contributed by atoms with Gasteiger partial charge in [-0.15, -0.1) is 0 Å². The van der Waals surface area contributed by atoms with E-state index in [1.807, 2.05) is 6.07 Å². The number of aromatic nitrogens is 1. The number of benzene rings is 1. The average molecular weight is 280 g/mol. The fraction of sp³-hybridized carbons (Fsp3) is 0.214. The first-order valence-corrected chi connectivity index (χ1v) is 6.32. The van der Waals surface area contributed by atoms with Gasteiger partial charge in [0.05, 0.1) is 0 Å². The van der Waals surface area contributed by atoms with E-state index < -0.39 is 0 Å². The van der Waals surface area contributed by atoms with E-state index in [1.54, 1.807) is 18.3 Å². The van der Waals surface area contributed by atoms with Gasteiger partial charge >= 0.3 is 0 Å². The maximum atomic E-state index is 12.9. The summed E-state index contributed by atoms with van der Waals surface area (Å²) in [6.45, 7) is 0. The van der Waals surface area contributed by atoms with E-state index in [0.29, 0.717) is 23.7 Å². The number of nitrogens with zero attached hydrogens (tertiary/aromatic N) is 1. The maximum absolute atomic E-state index is 12.9. The van der Waals surface area contributed by atoms with E-state index in [1.165, 1.54) is 12.1 Å². The Labute approximate surface area is 116 Å². The van der Waals surface area contributed by atoms with Crippen molar-refractivity contribution in [1.82, 2.24) is 4.98 Å². The summed E-state index contributed by atoms with van der Waals surface area (Å²) in [6.07, 6.45) is 2.91. The number of nitrogen functional groups attached to an aromatic ring is 1. The molecule has 1 heterocycles. The van der Waals surface area contributed by atoms with Gasteiger partial charge in [-0.2, -0.15) is 0 Å². The maximum Gasteiger partial charge on any atom is 0.124 e. The lowest BCUT2D eigenvalue weighted by Crippen LogP contribution is -2.25. The van der Waals surface area contributed by atoms with Crippen molar-refractivity contribution in [3.63, 3.8) is 0 Å². The second kappa shape index (κ2) is 5.99. The van der Waals surface area contributed by atoms with Crippen molar-refractivity contribution in [3.8, 4) is 0 Å². The number of hydrogen-bond donors (Lipinski definition) is 2. The van der Waals surface area contributed by atoms with Crippen LogP contribution < -0.4 is 11.5 Å². The topological polar surface area (TPSA) is 64.9 Å². The number of nitrogens with two attached hydrogens (primary N) is 2. The summed E-state index contributed by atoms with van der Waals surface area (Å²) in [4.78, 5) is 3.93. The second-order valence-corrected chi connectivity index (χ2v) is 4.90. The minimum absolute atomic E-state index is 0.107. The summed E-state index contributed by atoms with van der Waals surface area (Å²) in [6, 6.07) is 7.92. The van der Waals surface area contributed by atoms with E-state index in [9.17, 15) is 4.39 Å². The third-order valence-corrected chi connectivity index (χ3v) is 3.19. The molecular formula is C14H15ClFN3. The van der Waals surface area contributed by atoms with Crippen LogP contribution >= 0.6 is 11.6 Å². The van der Waals surface area contributed by atoms with Crippen molar-refractivity contribution in [2.24, 2.45) is 5.73 Å². The Morgan fingerprint density at radius 3 is 2.68 bits per heavy atom. The zero-order valence-corrected chi connectivity index (χ0v) is 11.1. The van der Waals surface area contributed by atoms with E-state index >= 15 is 0 Å². The molecule has 0 spiro atoms.